The van der Waals surface area contributed by atoms with Gasteiger partial charge < -0.3 is 5.21 Å². The molecule has 0 saturated heterocycles. The van der Waals surface area contributed by atoms with Crippen molar-refractivity contribution in [3.8, 4) is 0 Å². The Kier molecular flexibility index (Phi) is 3.70. The van der Waals surface area contributed by atoms with Crippen LogP contribution in [0, 0.1) is 0 Å². The van der Waals surface area contributed by atoms with Crippen LogP contribution in [-0.4, -0.2) is 11.4 Å². The first-order valence-electron chi connectivity index (χ1n) is 6.29. The van der Waals surface area contributed by atoms with Gasteiger partial charge in [0.05, 0.1) is 6.21 Å². The number of oxime groups is 1. The Morgan fingerprint density at radius 2 is 1.50 bits per heavy atom. The van der Waals surface area contributed by atoms with E-state index in [1.165, 1.54) is 21.9 Å². The monoisotopic (exact) mass is 279 g/mol. The lowest BCUT2D eigenvalue weighted by molar-refractivity contribution is 0.322. The van der Waals surface area contributed by atoms with Crippen LogP contribution in [0.1, 0.15) is 5.56 Å². The summed E-state index contributed by atoms with van der Waals surface area (Å²) in [6.07, 6.45) is 1.42. The summed E-state index contributed by atoms with van der Waals surface area (Å²) in [7, 11) is 0. The van der Waals surface area contributed by atoms with Gasteiger partial charge in [-0.2, -0.15) is 0 Å². The normalized spacial score (nSPS) is 11.2. The maximum Gasteiger partial charge on any atom is 0.0733 e. The van der Waals surface area contributed by atoms with Crippen molar-refractivity contribution in [3.63, 3.8) is 0 Å². The Labute approximate surface area is 121 Å². The van der Waals surface area contributed by atoms with Crippen molar-refractivity contribution in [2.24, 2.45) is 5.16 Å². The summed E-state index contributed by atoms with van der Waals surface area (Å²) in [5, 5.41) is 14.0. The van der Waals surface area contributed by atoms with E-state index in [-0.39, 0.29) is 0 Å². The summed E-state index contributed by atoms with van der Waals surface area (Å²) in [5.41, 5.74) is 0.885. The van der Waals surface area contributed by atoms with E-state index in [9.17, 15) is 0 Å². The number of hydrogen-bond acceptors (Lipinski definition) is 3. The van der Waals surface area contributed by atoms with Crippen LogP contribution in [0.15, 0.2) is 81.7 Å². The zero-order valence-electron chi connectivity index (χ0n) is 10.7. The Morgan fingerprint density at radius 3 is 2.25 bits per heavy atom. The lowest BCUT2D eigenvalue weighted by Gasteiger charge is -2.04. The molecule has 0 amide bonds. The third-order valence-electron chi connectivity index (χ3n) is 3.04. The molecule has 0 aromatic heterocycles. The fraction of sp³-hybridized carbons (Fsp3) is 0. The first-order chi connectivity index (χ1) is 9.85. The largest absolute Gasteiger partial charge is 0.411 e. The fourth-order valence-electron chi connectivity index (χ4n) is 2.06. The van der Waals surface area contributed by atoms with E-state index in [4.69, 9.17) is 5.21 Å². The Morgan fingerprint density at radius 1 is 0.800 bits per heavy atom. The molecule has 0 unspecified atom stereocenters. The van der Waals surface area contributed by atoms with Crippen LogP contribution in [0.4, 0.5) is 0 Å². The summed E-state index contributed by atoms with van der Waals surface area (Å²) in [6, 6.07) is 22.7. The van der Waals surface area contributed by atoms with Crippen LogP contribution >= 0.6 is 11.8 Å². The van der Waals surface area contributed by atoms with Gasteiger partial charge in [0.25, 0.3) is 0 Å². The van der Waals surface area contributed by atoms with Gasteiger partial charge in [-0.15, -0.1) is 0 Å². The van der Waals surface area contributed by atoms with Crippen LogP contribution in [0.25, 0.3) is 10.8 Å². The van der Waals surface area contributed by atoms with Crippen molar-refractivity contribution in [1.29, 1.82) is 0 Å². The number of rotatable bonds is 3. The predicted octanol–water partition coefficient (Wildman–Crippen LogP) is 4.80. The maximum atomic E-state index is 8.49. The highest BCUT2D eigenvalue weighted by Crippen LogP contribution is 2.30. The second kappa shape index (κ2) is 5.80. The van der Waals surface area contributed by atoms with Crippen LogP contribution < -0.4 is 0 Å². The van der Waals surface area contributed by atoms with Crippen molar-refractivity contribution in [1.82, 2.24) is 0 Å². The molecule has 0 atom stereocenters. The highest BCUT2D eigenvalue weighted by Gasteiger charge is 1.99. The standard InChI is InChI=1S/C17H13NOS/c19-18-12-13-5-8-16(9-6-13)20-17-10-7-14-3-1-2-4-15(14)11-17/h1-12,19H. The molecule has 0 bridgehead atoms. The van der Waals surface area contributed by atoms with Gasteiger partial charge in [0, 0.05) is 9.79 Å². The van der Waals surface area contributed by atoms with E-state index in [0.717, 1.165) is 10.5 Å². The van der Waals surface area contributed by atoms with Crippen molar-refractivity contribution in [2.45, 2.75) is 9.79 Å². The van der Waals surface area contributed by atoms with Gasteiger partial charge in [-0.25, -0.2) is 0 Å². The van der Waals surface area contributed by atoms with Crippen LogP contribution in [-0.2, 0) is 0 Å². The predicted molar refractivity (Wildman–Crippen MR) is 83.9 cm³/mol. The second-order valence-corrected chi connectivity index (χ2v) is 5.57. The number of fused-ring (bicyclic) bond motifs is 1. The van der Waals surface area contributed by atoms with Crippen molar-refractivity contribution < 1.29 is 5.21 Å². The number of nitrogens with zero attached hydrogens (tertiary/aromatic N) is 1. The van der Waals surface area contributed by atoms with Gasteiger partial charge in [-0.1, -0.05) is 59.4 Å². The van der Waals surface area contributed by atoms with E-state index >= 15 is 0 Å². The minimum Gasteiger partial charge on any atom is -0.411 e. The minimum absolute atomic E-state index is 0.885. The molecule has 3 rings (SSSR count). The SMILES string of the molecule is ON=Cc1ccc(Sc2ccc3ccccc3c2)cc1. The van der Waals surface area contributed by atoms with Gasteiger partial charge in [-0.3, -0.25) is 0 Å². The molecule has 2 nitrogen and oxygen atoms in total. The molecule has 20 heavy (non-hydrogen) atoms. The van der Waals surface area contributed by atoms with Gasteiger partial charge in [0.1, 0.15) is 0 Å². The molecule has 1 N–H and O–H groups in total. The quantitative estimate of drug-likeness (QED) is 0.424. The lowest BCUT2D eigenvalue weighted by atomic mass is 10.1. The van der Waals surface area contributed by atoms with Crippen molar-refractivity contribution in [2.75, 3.05) is 0 Å². The molecule has 0 saturated carbocycles. The molecule has 3 aromatic rings. The summed E-state index contributed by atoms with van der Waals surface area (Å²) in [4.78, 5) is 2.38. The summed E-state index contributed by atoms with van der Waals surface area (Å²) in [5.74, 6) is 0. The summed E-state index contributed by atoms with van der Waals surface area (Å²) >= 11 is 1.72. The zero-order chi connectivity index (χ0) is 13.8. The maximum absolute atomic E-state index is 8.49. The van der Waals surface area contributed by atoms with E-state index < -0.39 is 0 Å². The van der Waals surface area contributed by atoms with Gasteiger partial charge in [-0.05, 0) is 40.6 Å². The van der Waals surface area contributed by atoms with Gasteiger partial charge >= 0.3 is 0 Å². The molecular formula is C17H13NOS. The fourth-order valence-corrected chi connectivity index (χ4v) is 2.92. The smallest absolute Gasteiger partial charge is 0.0733 e. The zero-order valence-corrected chi connectivity index (χ0v) is 11.5. The molecule has 0 fully saturated rings. The van der Waals surface area contributed by atoms with Crippen LogP contribution in [0.3, 0.4) is 0 Å². The summed E-state index contributed by atoms with van der Waals surface area (Å²) in [6.45, 7) is 0. The third-order valence-corrected chi connectivity index (χ3v) is 4.04. The minimum atomic E-state index is 0.885. The van der Waals surface area contributed by atoms with Crippen molar-refractivity contribution in [3.05, 3.63) is 72.3 Å². The average Bonchev–Trinajstić information content (AvgIpc) is 2.49. The highest BCUT2D eigenvalue weighted by molar-refractivity contribution is 7.99. The van der Waals surface area contributed by atoms with Crippen LogP contribution in [0.2, 0.25) is 0 Å². The van der Waals surface area contributed by atoms with Gasteiger partial charge in [0.2, 0.25) is 0 Å². The molecule has 98 valence electrons. The first-order valence-corrected chi connectivity index (χ1v) is 7.11. The Hall–Kier alpha value is -2.26. The molecule has 0 radical (unpaired) electrons. The molecule has 3 heteroatoms. The van der Waals surface area contributed by atoms with Gasteiger partial charge in [0.15, 0.2) is 0 Å². The van der Waals surface area contributed by atoms with Crippen LogP contribution in [0.5, 0.6) is 0 Å². The molecule has 0 aliphatic carbocycles. The molecule has 0 spiro atoms. The summed E-state index contributed by atoms with van der Waals surface area (Å²) < 4.78 is 0. The number of hydrogen-bond donors (Lipinski definition) is 1. The first kappa shape index (κ1) is 12.8. The number of benzene rings is 3. The third kappa shape index (κ3) is 2.83. The van der Waals surface area contributed by atoms with E-state index in [1.807, 2.05) is 24.3 Å². The molecule has 3 aromatic carbocycles. The Balaban J connectivity index is 1.85. The topological polar surface area (TPSA) is 32.6 Å². The van der Waals surface area contributed by atoms with Crippen molar-refractivity contribution >= 4 is 28.7 Å². The van der Waals surface area contributed by atoms with E-state index in [1.54, 1.807) is 11.8 Å². The van der Waals surface area contributed by atoms with E-state index in [2.05, 4.69) is 47.6 Å². The molecular weight excluding hydrogens is 266 g/mol. The molecule has 0 aliphatic rings. The average molecular weight is 279 g/mol. The van der Waals surface area contributed by atoms with E-state index in [0.29, 0.717) is 0 Å². The second-order valence-electron chi connectivity index (χ2n) is 4.42. The molecule has 0 heterocycles. The molecule has 0 aliphatic heterocycles. The highest BCUT2D eigenvalue weighted by atomic mass is 32.2. The Bertz CT molecular complexity index is 750. The lowest BCUT2D eigenvalue weighted by Crippen LogP contribution is -1.81.